The second kappa shape index (κ2) is 4.00. The third kappa shape index (κ3) is 2.45. The molecule has 1 aromatic rings. The molecule has 0 spiro atoms. The number of halogens is 2. The van der Waals surface area contributed by atoms with Gasteiger partial charge in [-0.05, 0) is 0 Å². The molecule has 0 saturated carbocycles. The smallest absolute Gasteiger partial charge is 0.161 e. The quantitative estimate of drug-likeness (QED) is 0.709. The molecule has 0 fully saturated rings. The van der Waals surface area contributed by atoms with Gasteiger partial charge >= 0.3 is 0 Å². The van der Waals surface area contributed by atoms with Gasteiger partial charge in [0.05, 0.1) is 5.33 Å². The van der Waals surface area contributed by atoms with Crippen LogP contribution in [0.1, 0.15) is 5.82 Å². The number of aryl methyl sites for hydroxylation is 1. The summed E-state index contributed by atoms with van der Waals surface area (Å²) in [6, 6.07) is 0. The molecule has 0 radical (unpaired) electrons. The largest absolute Gasteiger partial charge is 0.256 e. The summed E-state index contributed by atoms with van der Waals surface area (Å²) in [7, 11) is 1.85. The normalized spacial score (nSPS) is 8.67. The molecule has 9 heavy (non-hydrogen) atoms. The minimum Gasteiger partial charge on any atom is -0.256 e. The van der Waals surface area contributed by atoms with E-state index < -0.39 is 0 Å². The van der Waals surface area contributed by atoms with Gasteiger partial charge in [-0.15, -0.1) is 17.0 Å². The van der Waals surface area contributed by atoms with E-state index in [1.54, 1.807) is 11.0 Å². The van der Waals surface area contributed by atoms with Gasteiger partial charge < -0.3 is 0 Å². The zero-order valence-corrected chi connectivity index (χ0v) is 8.21. The van der Waals surface area contributed by atoms with Crippen LogP contribution in [0, 0.1) is 0 Å². The van der Waals surface area contributed by atoms with Crippen LogP contribution in [0.4, 0.5) is 0 Å². The number of hydrogen-bond donors (Lipinski definition) is 0. The van der Waals surface area contributed by atoms with Gasteiger partial charge in [-0.3, -0.25) is 4.68 Å². The van der Waals surface area contributed by atoms with E-state index in [4.69, 9.17) is 0 Å². The van der Waals surface area contributed by atoms with Crippen LogP contribution in [0.25, 0.3) is 0 Å². The minimum atomic E-state index is 0. The lowest BCUT2D eigenvalue weighted by Crippen LogP contribution is -1.87. The average molecular weight is 257 g/mol. The Hall–Kier alpha value is 0.1000. The van der Waals surface area contributed by atoms with E-state index in [0.29, 0.717) is 0 Å². The first-order valence-corrected chi connectivity index (χ1v) is 3.35. The van der Waals surface area contributed by atoms with Crippen molar-refractivity contribution in [2.24, 2.45) is 7.05 Å². The summed E-state index contributed by atoms with van der Waals surface area (Å²) >= 11 is 3.23. The molecule has 0 unspecified atom stereocenters. The fraction of sp³-hybridized carbons (Fsp3) is 0.500. The predicted octanol–water partition coefficient (Wildman–Crippen LogP) is 1.29. The fourth-order valence-corrected chi connectivity index (χ4v) is 0.702. The molecule has 1 heterocycles. The molecule has 0 aliphatic rings. The van der Waals surface area contributed by atoms with Crippen molar-refractivity contribution in [2.45, 2.75) is 5.33 Å². The van der Waals surface area contributed by atoms with Crippen molar-refractivity contribution < 1.29 is 0 Å². The number of hydrogen-bond acceptors (Lipinski definition) is 2. The highest BCUT2D eigenvalue weighted by Crippen LogP contribution is 1.94. The number of rotatable bonds is 1. The topological polar surface area (TPSA) is 30.7 Å². The highest BCUT2D eigenvalue weighted by atomic mass is 79.9. The summed E-state index contributed by atoms with van der Waals surface area (Å²) in [6.07, 6.45) is 1.68. The van der Waals surface area contributed by atoms with Crippen LogP contribution in [0.5, 0.6) is 0 Å². The van der Waals surface area contributed by atoms with Crippen molar-refractivity contribution in [3.63, 3.8) is 0 Å². The van der Waals surface area contributed by atoms with E-state index in [-0.39, 0.29) is 17.0 Å². The van der Waals surface area contributed by atoms with E-state index in [0.717, 1.165) is 11.2 Å². The molecule has 52 valence electrons. The van der Waals surface area contributed by atoms with Crippen LogP contribution < -0.4 is 0 Å². The molecule has 0 aromatic carbocycles. The van der Waals surface area contributed by atoms with Gasteiger partial charge in [0.25, 0.3) is 0 Å². The summed E-state index contributed by atoms with van der Waals surface area (Å²) in [6.45, 7) is 0. The second-order valence-electron chi connectivity index (χ2n) is 1.47. The van der Waals surface area contributed by atoms with Crippen molar-refractivity contribution in [3.05, 3.63) is 12.2 Å². The maximum absolute atomic E-state index is 3.99. The Morgan fingerprint density at radius 3 is 2.67 bits per heavy atom. The molecule has 3 nitrogen and oxygen atoms in total. The van der Waals surface area contributed by atoms with Crippen molar-refractivity contribution in [3.8, 4) is 0 Å². The monoisotopic (exact) mass is 255 g/mol. The van der Waals surface area contributed by atoms with Gasteiger partial charge in [0.1, 0.15) is 6.33 Å². The number of alkyl halides is 1. The van der Waals surface area contributed by atoms with E-state index >= 15 is 0 Å². The van der Waals surface area contributed by atoms with Crippen molar-refractivity contribution >= 4 is 32.9 Å². The lowest BCUT2D eigenvalue weighted by molar-refractivity contribution is 0.755. The van der Waals surface area contributed by atoms with Gasteiger partial charge in [0.2, 0.25) is 0 Å². The molecule has 1 aromatic heterocycles. The summed E-state index contributed by atoms with van der Waals surface area (Å²) in [5.41, 5.74) is 0. The Labute approximate surface area is 72.4 Å². The molecular formula is C4H7Br2N3. The highest BCUT2D eigenvalue weighted by molar-refractivity contribution is 9.08. The van der Waals surface area contributed by atoms with Gasteiger partial charge in [-0.2, -0.15) is 5.10 Å². The third-order valence-electron chi connectivity index (χ3n) is 0.767. The van der Waals surface area contributed by atoms with Crippen LogP contribution >= 0.6 is 32.9 Å². The maximum Gasteiger partial charge on any atom is 0.161 e. The lowest BCUT2D eigenvalue weighted by Gasteiger charge is -1.79. The first-order valence-electron chi connectivity index (χ1n) is 2.23. The number of aromatic nitrogens is 3. The van der Waals surface area contributed by atoms with E-state index in [1.165, 1.54) is 0 Å². The van der Waals surface area contributed by atoms with Crippen LogP contribution in [0.15, 0.2) is 6.33 Å². The van der Waals surface area contributed by atoms with Crippen LogP contribution in [-0.4, -0.2) is 14.8 Å². The summed E-state index contributed by atoms with van der Waals surface area (Å²) in [5.74, 6) is 0.826. The van der Waals surface area contributed by atoms with Crippen LogP contribution in [-0.2, 0) is 12.4 Å². The Kier molecular flexibility index (Phi) is 4.05. The molecule has 0 saturated heterocycles. The standard InChI is InChI=1S/C4H6BrN3.BrH/c1-8-3-6-4(2-5)7-8;/h3H,2H2,1H3;1H. The molecule has 0 aliphatic heterocycles. The lowest BCUT2D eigenvalue weighted by atomic mass is 10.8. The molecule has 5 heteroatoms. The molecule has 0 N–H and O–H groups in total. The summed E-state index contributed by atoms with van der Waals surface area (Å²) in [5, 5.41) is 4.72. The minimum absolute atomic E-state index is 0. The third-order valence-corrected chi connectivity index (χ3v) is 1.27. The van der Waals surface area contributed by atoms with Crippen molar-refractivity contribution in [1.29, 1.82) is 0 Å². The Balaban J connectivity index is 0.000000640. The highest BCUT2D eigenvalue weighted by Gasteiger charge is 1.91. The van der Waals surface area contributed by atoms with Crippen LogP contribution in [0.2, 0.25) is 0 Å². The molecule has 0 atom stereocenters. The molecule has 0 aliphatic carbocycles. The molecule has 0 bridgehead atoms. The maximum atomic E-state index is 3.99. The first kappa shape index (κ1) is 9.10. The molecule has 1 rings (SSSR count). The Morgan fingerprint density at radius 2 is 2.44 bits per heavy atom. The SMILES string of the molecule is Br.Cn1cnc(CBr)n1. The van der Waals surface area contributed by atoms with Gasteiger partial charge in [-0.1, -0.05) is 15.9 Å². The van der Waals surface area contributed by atoms with Crippen molar-refractivity contribution in [1.82, 2.24) is 14.8 Å². The molecular weight excluding hydrogens is 250 g/mol. The Bertz CT molecular complexity index is 174. The second-order valence-corrected chi connectivity index (χ2v) is 2.03. The van der Waals surface area contributed by atoms with E-state index in [1.807, 2.05) is 7.05 Å². The first-order chi connectivity index (χ1) is 3.83. The van der Waals surface area contributed by atoms with Gasteiger partial charge in [0.15, 0.2) is 5.82 Å². The summed E-state index contributed by atoms with van der Waals surface area (Å²) < 4.78 is 1.68. The van der Waals surface area contributed by atoms with E-state index in [9.17, 15) is 0 Å². The van der Waals surface area contributed by atoms with Crippen LogP contribution in [0.3, 0.4) is 0 Å². The zero-order chi connectivity index (χ0) is 5.98. The van der Waals surface area contributed by atoms with Crippen molar-refractivity contribution in [2.75, 3.05) is 0 Å². The van der Waals surface area contributed by atoms with Gasteiger partial charge in [0, 0.05) is 7.05 Å². The van der Waals surface area contributed by atoms with Gasteiger partial charge in [-0.25, -0.2) is 4.98 Å². The Morgan fingerprint density at radius 1 is 1.78 bits per heavy atom. The average Bonchev–Trinajstić information content (AvgIpc) is 2.14. The predicted molar refractivity (Wildman–Crippen MR) is 44.0 cm³/mol. The van der Waals surface area contributed by atoms with E-state index in [2.05, 4.69) is 26.0 Å². The molecule has 0 amide bonds. The number of nitrogens with zero attached hydrogens (tertiary/aromatic N) is 3. The fourth-order valence-electron chi connectivity index (χ4n) is 0.445. The summed E-state index contributed by atoms with van der Waals surface area (Å²) in [4.78, 5) is 3.94. The zero-order valence-electron chi connectivity index (χ0n) is 4.91.